The lowest BCUT2D eigenvalue weighted by Gasteiger charge is -2.43. The van der Waals surface area contributed by atoms with Gasteiger partial charge in [-0.1, -0.05) is 18.9 Å². The molecular formula is C29H39N7O2S. The van der Waals surface area contributed by atoms with Crippen LogP contribution in [0.15, 0.2) is 40.9 Å². The van der Waals surface area contributed by atoms with Crippen LogP contribution in [0.4, 0.5) is 17.2 Å². The molecule has 1 atom stereocenters. The number of fused-ring (bicyclic) bond motifs is 4. The molecule has 2 saturated heterocycles. The number of aliphatic hydroxyl groups is 1. The van der Waals surface area contributed by atoms with E-state index in [1.165, 1.54) is 24.8 Å². The highest BCUT2D eigenvalue weighted by atomic mass is 32.2. The number of aliphatic hydroxyl groups excluding tert-OH is 1. The molecule has 8 bridgehead atoms. The van der Waals surface area contributed by atoms with Gasteiger partial charge in [0.2, 0.25) is 11.8 Å². The van der Waals surface area contributed by atoms with Gasteiger partial charge in [0.1, 0.15) is 5.82 Å². The third kappa shape index (κ3) is 5.88. The Morgan fingerprint density at radius 1 is 1.08 bits per heavy atom. The molecule has 1 unspecified atom stereocenters. The molecule has 0 radical (unpaired) electrons. The van der Waals surface area contributed by atoms with Crippen molar-refractivity contribution >= 4 is 29.1 Å². The van der Waals surface area contributed by atoms with Crippen LogP contribution in [0.3, 0.4) is 0 Å². The zero-order valence-electron chi connectivity index (χ0n) is 23.0. The fraction of sp³-hybridized carbons (Fsp3) is 0.552. The molecule has 1 aromatic carbocycles. The summed E-state index contributed by atoms with van der Waals surface area (Å²) >= 11 is 1.50. The Bertz CT molecular complexity index is 1280. The van der Waals surface area contributed by atoms with Crippen molar-refractivity contribution in [3.8, 4) is 22.9 Å². The first-order chi connectivity index (χ1) is 19.0. The third-order valence-corrected chi connectivity index (χ3v) is 9.17. The maximum Gasteiger partial charge on any atom is 0.250 e. The summed E-state index contributed by atoms with van der Waals surface area (Å²) in [6, 6.07) is 10.3. The number of hydrogen-bond acceptors (Lipinski definition) is 10. The van der Waals surface area contributed by atoms with Crippen molar-refractivity contribution in [3.63, 3.8) is 0 Å². The second-order valence-electron chi connectivity index (χ2n) is 11.7. The fourth-order valence-electron chi connectivity index (χ4n) is 6.42. The summed E-state index contributed by atoms with van der Waals surface area (Å²) in [5, 5.41) is 18.2. The predicted molar refractivity (Wildman–Crippen MR) is 158 cm³/mol. The standard InChI is InChI=1S/C29H39N7O2S/c1-29-8-12-35(13-9-29)25-17-23(33-39-15-14-37)5-6-24(25)28-32-31-27(38-28)22-7-10-30-26(16-22)36-11-3-4-21(19-36)18-34(2)20-29/h5-7,10,16-17,21,33,37H,3-4,8-9,11-15,18-20H2,1-2H3. The van der Waals surface area contributed by atoms with Crippen LogP contribution < -0.4 is 14.5 Å². The normalized spacial score (nSPS) is 23.7. The van der Waals surface area contributed by atoms with Crippen molar-refractivity contribution in [2.24, 2.45) is 11.3 Å². The van der Waals surface area contributed by atoms with Crippen LogP contribution >= 0.6 is 11.9 Å². The maximum absolute atomic E-state index is 9.20. The van der Waals surface area contributed by atoms with Crippen LogP contribution in [0.5, 0.6) is 0 Å². The van der Waals surface area contributed by atoms with E-state index in [1.54, 1.807) is 0 Å². The van der Waals surface area contributed by atoms with Crippen molar-refractivity contribution in [2.75, 3.05) is 73.2 Å². The summed E-state index contributed by atoms with van der Waals surface area (Å²) in [5.74, 6) is 3.29. The molecule has 2 aromatic heterocycles. The first-order valence-corrected chi connectivity index (χ1v) is 15.1. The van der Waals surface area contributed by atoms with Gasteiger partial charge in [0, 0.05) is 62.5 Å². The minimum atomic E-state index is 0.141. The van der Waals surface area contributed by atoms with Gasteiger partial charge in [-0.25, -0.2) is 4.98 Å². The predicted octanol–water partition coefficient (Wildman–Crippen LogP) is 4.62. The van der Waals surface area contributed by atoms with Gasteiger partial charge in [0.05, 0.1) is 17.9 Å². The third-order valence-electron chi connectivity index (χ3n) is 8.40. The summed E-state index contributed by atoms with van der Waals surface area (Å²) in [5.41, 5.74) is 4.23. The van der Waals surface area contributed by atoms with Gasteiger partial charge < -0.3 is 28.9 Å². The quantitative estimate of drug-likeness (QED) is 0.355. The van der Waals surface area contributed by atoms with Gasteiger partial charge in [-0.15, -0.1) is 10.2 Å². The number of nitrogens with one attached hydrogen (secondary N) is 1. The smallest absolute Gasteiger partial charge is 0.250 e. The number of piperidine rings is 2. The van der Waals surface area contributed by atoms with E-state index in [0.717, 1.165) is 80.4 Å². The van der Waals surface area contributed by atoms with Crippen LogP contribution in [-0.4, -0.2) is 83.9 Å². The Balaban J connectivity index is 1.38. The van der Waals surface area contributed by atoms with Crippen molar-refractivity contribution in [1.82, 2.24) is 20.1 Å². The minimum absolute atomic E-state index is 0.141. The number of rotatable bonds is 4. The van der Waals surface area contributed by atoms with Crippen LogP contribution in [0.1, 0.15) is 32.6 Å². The summed E-state index contributed by atoms with van der Waals surface area (Å²) in [6.07, 6.45) is 6.57. The monoisotopic (exact) mass is 549 g/mol. The van der Waals surface area contributed by atoms with Crippen LogP contribution in [0.2, 0.25) is 0 Å². The Kier molecular flexibility index (Phi) is 7.68. The van der Waals surface area contributed by atoms with E-state index < -0.39 is 0 Å². The lowest BCUT2D eigenvalue weighted by Crippen LogP contribution is -2.46. The zero-order chi connectivity index (χ0) is 26.8. The molecule has 7 rings (SSSR count). The first-order valence-electron chi connectivity index (χ1n) is 14.1. The first kappa shape index (κ1) is 26.4. The molecule has 9 nitrogen and oxygen atoms in total. The average Bonchev–Trinajstić information content (AvgIpc) is 3.43. The van der Waals surface area contributed by atoms with E-state index in [9.17, 15) is 5.11 Å². The Labute approximate surface area is 235 Å². The molecule has 0 aliphatic carbocycles. The minimum Gasteiger partial charge on any atom is -0.416 e. The molecule has 39 heavy (non-hydrogen) atoms. The van der Waals surface area contributed by atoms with Crippen molar-refractivity contribution in [2.45, 2.75) is 32.6 Å². The van der Waals surface area contributed by atoms with E-state index in [-0.39, 0.29) is 12.0 Å². The molecule has 0 saturated carbocycles. The van der Waals surface area contributed by atoms with Gasteiger partial charge in [-0.2, -0.15) is 0 Å². The van der Waals surface area contributed by atoms with Gasteiger partial charge in [0.15, 0.2) is 0 Å². The van der Waals surface area contributed by atoms with Crippen LogP contribution in [0.25, 0.3) is 22.9 Å². The molecule has 0 spiro atoms. The number of anilines is 3. The van der Waals surface area contributed by atoms with E-state index in [0.29, 0.717) is 23.5 Å². The van der Waals surface area contributed by atoms with E-state index >= 15 is 0 Å². The molecule has 10 heteroatoms. The summed E-state index contributed by atoms with van der Waals surface area (Å²) in [4.78, 5) is 12.2. The molecule has 2 fully saturated rings. The molecule has 2 N–H and O–H groups in total. The number of benzene rings is 1. The Morgan fingerprint density at radius 3 is 2.77 bits per heavy atom. The molecule has 208 valence electrons. The Hall–Kier alpha value is -2.82. The van der Waals surface area contributed by atoms with E-state index in [2.05, 4.69) is 61.8 Å². The van der Waals surface area contributed by atoms with Gasteiger partial charge in [-0.05, 0) is 74.4 Å². The molecule has 4 aliphatic heterocycles. The molecule has 3 aromatic rings. The molecule has 4 aliphatic rings. The average molecular weight is 550 g/mol. The van der Waals surface area contributed by atoms with Crippen LogP contribution in [-0.2, 0) is 0 Å². The lowest BCUT2D eigenvalue weighted by molar-refractivity contribution is 0.138. The highest BCUT2D eigenvalue weighted by Crippen LogP contribution is 2.40. The highest BCUT2D eigenvalue weighted by Gasteiger charge is 2.33. The topological polar surface area (TPSA) is 93.8 Å². The molecular weight excluding hydrogens is 510 g/mol. The molecule has 6 heterocycles. The van der Waals surface area contributed by atoms with E-state index in [1.807, 2.05) is 18.3 Å². The maximum atomic E-state index is 9.20. The largest absolute Gasteiger partial charge is 0.416 e. The molecule has 0 amide bonds. The number of nitrogens with zero attached hydrogens (tertiary/aromatic N) is 6. The fourth-order valence-corrected chi connectivity index (χ4v) is 6.90. The van der Waals surface area contributed by atoms with E-state index in [4.69, 9.17) is 9.40 Å². The van der Waals surface area contributed by atoms with Crippen molar-refractivity contribution in [1.29, 1.82) is 0 Å². The second kappa shape index (κ2) is 11.3. The summed E-state index contributed by atoms with van der Waals surface area (Å²) in [6.45, 7) is 8.85. The number of pyridine rings is 1. The van der Waals surface area contributed by atoms with Crippen molar-refractivity contribution in [3.05, 3.63) is 36.5 Å². The van der Waals surface area contributed by atoms with Gasteiger partial charge in [-0.3, -0.25) is 0 Å². The number of aromatic nitrogens is 3. The Morgan fingerprint density at radius 2 is 1.92 bits per heavy atom. The van der Waals surface area contributed by atoms with Crippen LogP contribution in [0, 0.1) is 11.3 Å². The summed E-state index contributed by atoms with van der Waals surface area (Å²) < 4.78 is 9.68. The SMILES string of the molecule is CN1CC2CCCN(C2)c2cc(ccn2)-c2nnc(o2)-c2ccc(NSCCO)cc2N2CCC(C)(CC2)C1. The van der Waals surface area contributed by atoms with Gasteiger partial charge >= 0.3 is 0 Å². The zero-order valence-corrected chi connectivity index (χ0v) is 23.8. The number of hydrogen-bond donors (Lipinski definition) is 2. The second-order valence-corrected chi connectivity index (χ2v) is 12.6. The summed E-state index contributed by atoms with van der Waals surface area (Å²) in [7, 11) is 2.30. The highest BCUT2D eigenvalue weighted by molar-refractivity contribution is 8.00. The lowest BCUT2D eigenvalue weighted by atomic mass is 9.79. The van der Waals surface area contributed by atoms with Gasteiger partial charge in [0.25, 0.3) is 0 Å². The van der Waals surface area contributed by atoms with Crippen molar-refractivity contribution < 1.29 is 9.52 Å².